The quantitative estimate of drug-likeness (QED) is 0.593. The van der Waals surface area contributed by atoms with Gasteiger partial charge in [0.2, 0.25) is 0 Å². The van der Waals surface area contributed by atoms with E-state index in [-0.39, 0.29) is 5.78 Å². The molecular weight excluding hydrogens is 150 g/mol. The number of ketones is 1. The lowest BCUT2D eigenvalue weighted by Gasteiger charge is -2.34. The normalized spacial score (nSPS) is 20.8. The lowest BCUT2D eigenvalue weighted by atomic mass is 10.1. The number of likely N-dealkylation sites (tertiary alicyclic amines) is 1. The summed E-state index contributed by atoms with van der Waals surface area (Å²) >= 11 is 0. The van der Waals surface area contributed by atoms with Crippen LogP contribution < -0.4 is 0 Å². The van der Waals surface area contributed by atoms with Gasteiger partial charge in [0.1, 0.15) is 0 Å². The van der Waals surface area contributed by atoms with E-state index in [0.717, 1.165) is 0 Å². The molecule has 68 valence electrons. The molecule has 1 unspecified atom stereocenters. The highest BCUT2D eigenvalue weighted by atomic mass is 16.1. The first-order valence-corrected chi connectivity index (χ1v) is 4.69. The van der Waals surface area contributed by atoms with Crippen molar-refractivity contribution in [3.63, 3.8) is 0 Å². The number of carbonyl (C=O) groups excluding carboxylic acids is 1. The predicted molar refractivity (Wildman–Crippen MR) is 50.1 cm³/mol. The molecule has 1 fully saturated rings. The fraction of sp³-hybridized carbons (Fsp3) is 0.700. The summed E-state index contributed by atoms with van der Waals surface area (Å²) in [5.74, 6) is 0.224. The van der Waals surface area contributed by atoms with Crippen molar-refractivity contribution < 1.29 is 4.79 Å². The van der Waals surface area contributed by atoms with Crippen molar-refractivity contribution in [2.24, 2.45) is 0 Å². The third-order valence-electron chi connectivity index (χ3n) is 2.38. The molecule has 0 saturated carbocycles. The van der Waals surface area contributed by atoms with Gasteiger partial charge in [-0.15, -0.1) is 0 Å². The molecule has 12 heavy (non-hydrogen) atoms. The van der Waals surface area contributed by atoms with Crippen LogP contribution in [0.25, 0.3) is 0 Å². The number of allylic oxidation sites excluding steroid dienone is 1. The Hall–Kier alpha value is -0.630. The van der Waals surface area contributed by atoms with E-state index in [1.165, 1.54) is 19.5 Å². The van der Waals surface area contributed by atoms with Crippen LogP contribution in [0.1, 0.15) is 26.7 Å². The zero-order chi connectivity index (χ0) is 8.97. The van der Waals surface area contributed by atoms with Crippen molar-refractivity contribution in [2.45, 2.75) is 32.7 Å². The molecule has 1 rings (SSSR count). The minimum Gasteiger partial charge on any atom is -0.297 e. The van der Waals surface area contributed by atoms with E-state index in [1.807, 2.05) is 13.0 Å². The van der Waals surface area contributed by atoms with Crippen molar-refractivity contribution in [3.05, 3.63) is 12.2 Å². The topological polar surface area (TPSA) is 20.3 Å². The SMILES string of the molecule is CCC(=O)/C=C/C(C)N1CCC1. The van der Waals surface area contributed by atoms with Crippen LogP contribution in [-0.4, -0.2) is 29.8 Å². The smallest absolute Gasteiger partial charge is 0.155 e. The standard InChI is InChI=1S/C10H17NO/c1-3-10(12)6-5-9(2)11-7-4-8-11/h5-6,9H,3-4,7-8H2,1-2H3/b6-5+. The Labute approximate surface area is 74.2 Å². The minimum atomic E-state index is 0.224. The van der Waals surface area contributed by atoms with Crippen LogP contribution in [0.4, 0.5) is 0 Å². The zero-order valence-electron chi connectivity index (χ0n) is 7.92. The van der Waals surface area contributed by atoms with Gasteiger partial charge in [-0.2, -0.15) is 0 Å². The second kappa shape index (κ2) is 4.41. The van der Waals surface area contributed by atoms with Crippen LogP contribution in [0.2, 0.25) is 0 Å². The van der Waals surface area contributed by atoms with E-state index in [1.54, 1.807) is 6.08 Å². The summed E-state index contributed by atoms with van der Waals surface area (Å²) in [6.07, 6.45) is 5.64. The number of nitrogens with zero attached hydrogens (tertiary/aromatic N) is 1. The van der Waals surface area contributed by atoms with E-state index in [2.05, 4.69) is 11.8 Å². The summed E-state index contributed by atoms with van der Waals surface area (Å²) in [6, 6.07) is 0.439. The summed E-state index contributed by atoms with van der Waals surface area (Å²) in [5, 5.41) is 0. The summed E-state index contributed by atoms with van der Waals surface area (Å²) in [7, 11) is 0. The second-order valence-corrected chi connectivity index (χ2v) is 3.31. The highest BCUT2D eigenvalue weighted by Gasteiger charge is 2.17. The van der Waals surface area contributed by atoms with Crippen LogP contribution in [0.5, 0.6) is 0 Å². The third-order valence-corrected chi connectivity index (χ3v) is 2.38. The molecule has 1 saturated heterocycles. The van der Waals surface area contributed by atoms with Gasteiger partial charge in [0.15, 0.2) is 5.78 Å². The van der Waals surface area contributed by atoms with Gasteiger partial charge >= 0.3 is 0 Å². The van der Waals surface area contributed by atoms with Crippen LogP contribution in [0, 0.1) is 0 Å². The maximum Gasteiger partial charge on any atom is 0.155 e. The van der Waals surface area contributed by atoms with Crippen LogP contribution in [0.3, 0.4) is 0 Å². The summed E-state index contributed by atoms with van der Waals surface area (Å²) in [4.78, 5) is 13.3. The minimum absolute atomic E-state index is 0.224. The Morgan fingerprint density at radius 1 is 1.58 bits per heavy atom. The second-order valence-electron chi connectivity index (χ2n) is 3.31. The average molecular weight is 167 g/mol. The molecule has 0 bridgehead atoms. The monoisotopic (exact) mass is 167 g/mol. The van der Waals surface area contributed by atoms with Gasteiger partial charge < -0.3 is 0 Å². The van der Waals surface area contributed by atoms with Crippen molar-refractivity contribution in [3.8, 4) is 0 Å². The predicted octanol–water partition coefficient (Wildman–Crippen LogP) is 1.62. The van der Waals surface area contributed by atoms with Gasteiger partial charge in [-0.1, -0.05) is 13.0 Å². The van der Waals surface area contributed by atoms with Gasteiger partial charge in [0, 0.05) is 12.5 Å². The lowest BCUT2D eigenvalue weighted by molar-refractivity contribution is -0.114. The van der Waals surface area contributed by atoms with E-state index in [4.69, 9.17) is 0 Å². The average Bonchev–Trinajstić information content (AvgIpc) is 1.97. The van der Waals surface area contributed by atoms with E-state index in [0.29, 0.717) is 12.5 Å². The highest BCUT2D eigenvalue weighted by molar-refractivity contribution is 5.89. The van der Waals surface area contributed by atoms with E-state index < -0.39 is 0 Å². The molecule has 1 aliphatic heterocycles. The maximum atomic E-state index is 10.9. The molecule has 1 heterocycles. The van der Waals surface area contributed by atoms with E-state index in [9.17, 15) is 4.79 Å². The molecule has 0 spiro atoms. The fourth-order valence-corrected chi connectivity index (χ4v) is 1.23. The largest absolute Gasteiger partial charge is 0.297 e. The first-order valence-electron chi connectivity index (χ1n) is 4.69. The molecular formula is C10H17NO. The first kappa shape index (κ1) is 9.46. The Bertz CT molecular complexity index is 182. The van der Waals surface area contributed by atoms with Gasteiger partial charge in [-0.25, -0.2) is 0 Å². The van der Waals surface area contributed by atoms with E-state index >= 15 is 0 Å². The fourth-order valence-electron chi connectivity index (χ4n) is 1.23. The third kappa shape index (κ3) is 2.45. The van der Waals surface area contributed by atoms with Crippen molar-refractivity contribution in [1.29, 1.82) is 0 Å². The molecule has 0 radical (unpaired) electrons. The van der Waals surface area contributed by atoms with Crippen LogP contribution in [0.15, 0.2) is 12.2 Å². The zero-order valence-corrected chi connectivity index (χ0v) is 7.92. The number of carbonyl (C=O) groups is 1. The molecule has 0 aliphatic carbocycles. The van der Waals surface area contributed by atoms with Gasteiger partial charge in [-0.3, -0.25) is 9.69 Å². The van der Waals surface area contributed by atoms with Gasteiger partial charge in [-0.05, 0) is 32.5 Å². The summed E-state index contributed by atoms with van der Waals surface area (Å²) in [6.45, 7) is 6.40. The van der Waals surface area contributed by atoms with Crippen LogP contribution in [-0.2, 0) is 4.79 Å². The highest BCUT2D eigenvalue weighted by Crippen LogP contribution is 2.11. The maximum absolute atomic E-state index is 10.9. The van der Waals surface area contributed by atoms with Crippen molar-refractivity contribution in [2.75, 3.05) is 13.1 Å². The molecule has 2 heteroatoms. The molecule has 0 aromatic heterocycles. The molecule has 0 aromatic carbocycles. The molecule has 2 nitrogen and oxygen atoms in total. The molecule has 1 atom stereocenters. The lowest BCUT2D eigenvalue weighted by Crippen LogP contribution is -2.42. The molecule has 0 N–H and O–H groups in total. The Balaban J connectivity index is 2.28. The summed E-state index contributed by atoms with van der Waals surface area (Å²) in [5.41, 5.74) is 0. The molecule has 1 aliphatic rings. The number of hydrogen-bond donors (Lipinski definition) is 0. The van der Waals surface area contributed by atoms with Gasteiger partial charge in [0.25, 0.3) is 0 Å². The van der Waals surface area contributed by atoms with Crippen molar-refractivity contribution in [1.82, 2.24) is 4.90 Å². The first-order chi connectivity index (χ1) is 5.74. The van der Waals surface area contributed by atoms with Crippen LogP contribution >= 0.6 is 0 Å². The number of hydrogen-bond acceptors (Lipinski definition) is 2. The Morgan fingerprint density at radius 2 is 2.25 bits per heavy atom. The van der Waals surface area contributed by atoms with Crippen molar-refractivity contribution >= 4 is 5.78 Å². The number of rotatable bonds is 4. The molecule has 0 aromatic rings. The Kier molecular flexibility index (Phi) is 3.48. The van der Waals surface area contributed by atoms with Gasteiger partial charge in [0.05, 0.1) is 0 Å². The Morgan fingerprint density at radius 3 is 2.67 bits per heavy atom. The summed E-state index contributed by atoms with van der Waals surface area (Å²) < 4.78 is 0. The molecule has 0 amide bonds.